The number of carbonyl (C=O) groups is 2. The van der Waals surface area contributed by atoms with Crippen molar-refractivity contribution in [1.29, 1.82) is 0 Å². The van der Waals surface area contributed by atoms with E-state index < -0.39 is 5.97 Å². The van der Waals surface area contributed by atoms with E-state index in [4.69, 9.17) is 10.2 Å². The number of amides is 1. The molecule has 5 nitrogen and oxygen atoms in total. The van der Waals surface area contributed by atoms with Gasteiger partial charge in [-0.2, -0.15) is 0 Å². The molecule has 5 heteroatoms. The van der Waals surface area contributed by atoms with Crippen LogP contribution in [0.4, 0.5) is 0 Å². The second kappa shape index (κ2) is 6.34. The maximum Gasteiger partial charge on any atom is 0.328 e. The first-order chi connectivity index (χ1) is 9.61. The molecule has 0 heterocycles. The van der Waals surface area contributed by atoms with Crippen LogP contribution < -0.4 is 0 Å². The number of aliphatic hydroxyl groups is 1. The first-order valence-corrected chi connectivity index (χ1v) is 6.54. The van der Waals surface area contributed by atoms with Crippen molar-refractivity contribution in [2.24, 2.45) is 0 Å². The zero-order valence-corrected chi connectivity index (χ0v) is 11.0. The van der Waals surface area contributed by atoms with E-state index in [9.17, 15) is 9.59 Å². The van der Waals surface area contributed by atoms with Gasteiger partial charge in [-0.05, 0) is 36.6 Å². The van der Waals surface area contributed by atoms with E-state index in [-0.39, 0.29) is 18.6 Å². The molecule has 0 aliphatic heterocycles. The van der Waals surface area contributed by atoms with Crippen LogP contribution in [0.2, 0.25) is 0 Å². The molecule has 0 radical (unpaired) electrons. The highest BCUT2D eigenvalue weighted by atomic mass is 16.4. The fourth-order valence-electron chi connectivity index (χ4n) is 2.05. The molecule has 1 aromatic carbocycles. The molecule has 1 aromatic rings. The number of carboxylic acids is 1. The van der Waals surface area contributed by atoms with Crippen molar-refractivity contribution in [2.45, 2.75) is 18.9 Å². The van der Waals surface area contributed by atoms with Crippen LogP contribution in [0.5, 0.6) is 0 Å². The van der Waals surface area contributed by atoms with Gasteiger partial charge in [0.25, 0.3) is 5.91 Å². The number of hydrogen-bond acceptors (Lipinski definition) is 3. The maximum atomic E-state index is 12.4. The number of carboxylic acid groups (broad SMARTS) is 1. The topological polar surface area (TPSA) is 77.8 Å². The van der Waals surface area contributed by atoms with Gasteiger partial charge in [0, 0.05) is 24.2 Å². The number of aliphatic hydroxyl groups excluding tert-OH is 1. The van der Waals surface area contributed by atoms with Crippen LogP contribution in [0.1, 0.15) is 28.8 Å². The average molecular weight is 275 g/mol. The van der Waals surface area contributed by atoms with Gasteiger partial charge in [-0.3, -0.25) is 4.79 Å². The number of rotatable bonds is 6. The minimum atomic E-state index is -1.03. The predicted octanol–water partition coefficient (Wildman–Crippen LogP) is 1.38. The normalized spacial score (nSPS) is 14.4. The predicted molar refractivity (Wildman–Crippen MR) is 74.3 cm³/mol. The lowest BCUT2D eigenvalue weighted by Gasteiger charge is -2.21. The van der Waals surface area contributed by atoms with E-state index in [2.05, 4.69) is 0 Å². The van der Waals surface area contributed by atoms with E-state index in [0.29, 0.717) is 17.7 Å². The van der Waals surface area contributed by atoms with Crippen molar-refractivity contribution in [1.82, 2.24) is 4.90 Å². The van der Waals surface area contributed by atoms with Crippen LogP contribution in [-0.2, 0) is 4.79 Å². The molecule has 1 amide bonds. The molecule has 0 aromatic heterocycles. The van der Waals surface area contributed by atoms with Gasteiger partial charge < -0.3 is 15.1 Å². The third kappa shape index (κ3) is 3.68. The maximum absolute atomic E-state index is 12.4. The van der Waals surface area contributed by atoms with Crippen molar-refractivity contribution in [3.8, 4) is 0 Å². The largest absolute Gasteiger partial charge is 0.478 e. The second-order valence-corrected chi connectivity index (χ2v) is 4.75. The van der Waals surface area contributed by atoms with Crippen LogP contribution in [0.3, 0.4) is 0 Å². The Bertz CT molecular complexity index is 534. The first-order valence-electron chi connectivity index (χ1n) is 6.54. The Balaban J connectivity index is 2.16. The van der Waals surface area contributed by atoms with Crippen molar-refractivity contribution in [3.05, 3.63) is 41.5 Å². The Morgan fingerprint density at radius 3 is 2.70 bits per heavy atom. The van der Waals surface area contributed by atoms with Gasteiger partial charge in [-0.1, -0.05) is 12.1 Å². The molecule has 2 N–H and O–H groups in total. The quantitative estimate of drug-likeness (QED) is 0.769. The molecule has 106 valence electrons. The third-order valence-electron chi connectivity index (χ3n) is 3.14. The fraction of sp³-hybridized carbons (Fsp3) is 0.333. The Morgan fingerprint density at radius 2 is 2.10 bits per heavy atom. The molecule has 0 atom stereocenters. The second-order valence-electron chi connectivity index (χ2n) is 4.75. The summed E-state index contributed by atoms with van der Waals surface area (Å²) in [7, 11) is 0. The Hall–Kier alpha value is -2.14. The zero-order valence-electron chi connectivity index (χ0n) is 11.0. The summed E-state index contributed by atoms with van der Waals surface area (Å²) < 4.78 is 0. The fourth-order valence-corrected chi connectivity index (χ4v) is 2.05. The van der Waals surface area contributed by atoms with Gasteiger partial charge in [0.2, 0.25) is 0 Å². The minimum absolute atomic E-state index is 0.0547. The molecule has 1 saturated carbocycles. The number of carbonyl (C=O) groups excluding carboxylic acids is 1. The first kappa shape index (κ1) is 14.3. The van der Waals surface area contributed by atoms with E-state index in [1.807, 2.05) is 0 Å². The summed E-state index contributed by atoms with van der Waals surface area (Å²) in [5, 5.41) is 17.6. The van der Waals surface area contributed by atoms with Crippen molar-refractivity contribution in [2.75, 3.05) is 13.2 Å². The van der Waals surface area contributed by atoms with Crippen molar-refractivity contribution >= 4 is 18.0 Å². The molecule has 0 bridgehead atoms. The summed E-state index contributed by atoms with van der Waals surface area (Å²) in [6, 6.07) is 7.05. The molecule has 1 aliphatic rings. The lowest BCUT2D eigenvalue weighted by molar-refractivity contribution is -0.131. The monoisotopic (exact) mass is 275 g/mol. The number of nitrogens with zero attached hydrogens (tertiary/aromatic N) is 1. The van der Waals surface area contributed by atoms with Gasteiger partial charge in [-0.25, -0.2) is 4.79 Å². The van der Waals surface area contributed by atoms with Crippen molar-refractivity contribution in [3.63, 3.8) is 0 Å². The highest BCUT2D eigenvalue weighted by Gasteiger charge is 2.32. The molecular formula is C15H17NO4. The summed E-state index contributed by atoms with van der Waals surface area (Å²) in [5.74, 6) is -1.14. The highest BCUT2D eigenvalue weighted by Crippen LogP contribution is 2.28. The van der Waals surface area contributed by atoms with Crippen LogP contribution in [-0.4, -0.2) is 46.2 Å². The summed E-state index contributed by atoms with van der Waals surface area (Å²) in [5.41, 5.74) is 1.18. The molecule has 0 spiro atoms. The Morgan fingerprint density at radius 1 is 1.35 bits per heavy atom. The van der Waals surface area contributed by atoms with Crippen LogP contribution in [0.25, 0.3) is 6.08 Å². The molecule has 20 heavy (non-hydrogen) atoms. The standard InChI is InChI=1S/C15H17NO4/c17-9-8-16(13-5-6-13)15(20)12-3-1-2-11(10-12)4-7-14(18)19/h1-4,7,10,13,17H,5-6,8-9H2,(H,18,19). The van der Waals surface area contributed by atoms with E-state index in [1.165, 1.54) is 6.08 Å². The third-order valence-corrected chi connectivity index (χ3v) is 3.14. The molecule has 0 saturated heterocycles. The Labute approximate surface area is 117 Å². The van der Waals surface area contributed by atoms with E-state index in [0.717, 1.165) is 18.9 Å². The number of benzene rings is 1. The average Bonchev–Trinajstić information content (AvgIpc) is 3.26. The molecule has 0 unspecified atom stereocenters. The molecule has 1 aliphatic carbocycles. The smallest absolute Gasteiger partial charge is 0.328 e. The molecular weight excluding hydrogens is 258 g/mol. The minimum Gasteiger partial charge on any atom is -0.478 e. The zero-order chi connectivity index (χ0) is 14.5. The van der Waals surface area contributed by atoms with Crippen LogP contribution in [0, 0.1) is 0 Å². The van der Waals surface area contributed by atoms with Crippen LogP contribution >= 0.6 is 0 Å². The summed E-state index contributed by atoms with van der Waals surface area (Å²) >= 11 is 0. The molecule has 1 fully saturated rings. The molecule has 2 rings (SSSR count). The van der Waals surface area contributed by atoms with Crippen molar-refractivity contribution < 1.29 is 19.8 Å². The van der Waals surface area contributed by atoms with Gasteiger partial charge in [-0.15, -0.1) is 0 Å². The SMILES string of the molecule is O=C(O)C=Cc1cccc(C(=O)N(CCO)C2CC2)c1. The lowest BCUT2D eigenvalue weighted by atomic mass is 10.1. The lowest BCUT2D eigenvalue weighted by Crippen LogP contribution is -2.35. The summed E-state index contributed by atoms with van der Waals surface area (Å²) in [4.78, 5) is 24.6. The summed E-state index contributed by atoms with van der Waals surface area (Å²) in [6.45, 7) is 0.277. The van der Waals surface area contributed by atoms with Crippen LogP contribution in [0.15, 0.2) is 30.3 Å². The van der Waals surface area contributed by atoms with Gasteiger partial charge in [0.15, 0.2) is 0 Å². The van der Waals surface area contributed by atoms with Gasteiger partial charge >= 0.3 is 5.97 Å². The summed E-state index contributed by atoms with van der Waals surface area (Å²) in [6.07, 6.45) is 4.44. The number of hydrogen-bond donors (Lipinski definition) is 2. The number of aliphatic carboxylic acids is 1. The van der Waals surface area contributed by atoms with E-state index >= 15 is 0 Å². The Kier molecular flexibility index (Phi) is 4.53. The van der Waals surface area contributed by atoms with E-state index in [1.54, 1.807) is 29.2 Å². The van der Waals surface area contributed by atoms with Gasteiger partial charge in [0.1, 0.15) is 0 Å². The van der Waals surface area contributed by atoms with Gasteiger partial charge in [0.05, 0.1) is 6.61 Å². The highest BCUT2D eigenvalue weighted by molar-refractivity contribution is 5.95.